The second-order valence-corrected chi connectivity index (χ2v) is 12.1. The number of urea groups is 1. The lowest BCUT2D eigenvalue weighted by Gasteiger charge is -2.56. The Labute approximate surface area is 191 Å². The van der Waals surface area contributed by atoms with Gasteiger partial charge in [0.1, 0.15) is 22.8 Å². The molecule has 4 fully saturated rings. The first-order chi connectivity index (χ1) is 15.1. The highest BCUT2D eigenvalue weighted by Gasteiger charge is 2.54. The van der Waals surface area contributed by atoms with Gasteiger partial charge in [-0.25, -0.2) is 18.0 Å². The van der Waals surface area contributed by atoms with Gasteiger partial charge in [-0.3, -0.25) is 0 Å². The third-order valence-electron chi connectivity index (χ3n) is 7.02. The number of likely N-dealkylation sites (tertiary alicyclic amines) is 2. The average molecular weight is 484 g/mol. The highest BCUT2D eigenvalue weighted by Crippen LogP contribution is 2.46. The second-order valence-electron chi connectivity index (χ2n) is 9.66. The van der Waals surface area contributed by atoms with Gasteiger partial charge in [-0.1, -0.05) is 11.6 Å². The fourth-order valence-corrected chi connectivity index (χ4v) is 6.23. The second kappa shape index (κ2) is 7.41. The molecule has 1 aromatic carbocycles. The van der Waals surface area contributed by atoms with Crippen LogP contribution < -0.4 is 10.1 Å². The van der Waals surface area contributed by atoms with Crippen molar-refractivity contribution in [3.8, 4) is 5.75 Å². The number of carbonyl (C=O) groups is 2. The van der Waals surface area contributed by atoms with Crippen LogP contribution in [0.4, 0.5) is 9.59 Å². The number of nitrogens with one attached hydrogen (secondary N) is 1. The van der Waals surface area contributed by atoms with E-state index in [2.05, 4.69) is 5.32 Å². The van der Waals surface area contributed by atoms with Crippen molar-refractivity contribution in [1.82, 2.24) is 15.1 Å². The van der Waals surface area contributed by atoms with E-state index in [1.165, 1.54) is 6.07 Å². The Balaban J connectivity index is 1.12. The highest BCUT2D eigenvalue weighted by molar-refractivity contribution is 7.90. The lowest BCUT2D eigenvalue weighted by Crippen LogP contribution is -2.73. The van der Waals surface area contributed by atoms with Crippen LogP contribution in [0.3, 0.4) is 0 Å². The summed E-state index contributed by atoms with van der Waals surface area (Å²) < 4.78 is 35.1. The summed E-state index contributed by atoms with van der Waals surface area (Å²) in [6.07, 6.45) is 4.11. The van der Waals surface area contributed by atoms with Crippen LogP contribution in [0, 0.1) is 5.41 Å². The zero-order valence-corrected chi connectivity index (χ0v) is 19.4. The molecule has 32 heavy (non-hydrogen) atoms. The number of alkyl carbamates (subject to hydrolysis) is 1. The summed E-state index contributed by atoms with van der Waals surface area (Å²) in [4.78, 5) is 27.8. The predicted octanol–water partition coefficient (Wildman–Crippen LogP) is 2.28. The number of cyclic esters (lactones) is 1. The van der Waals surface area contributed by atoms with Gasteiger partial charge >= 0.3 is 12.1 Å². The third-order valence-corrected chi connectivity index (χ3v) is 8.39. The Morgan fingerprint density at radius 3 is 2.44 bits per heavy atom. The Morgan fingerprint density at radius 2 is 1.84 bits per heavy atom. The Kier molecular flexibility index (Phi) is 5.01. The smallest absolute Gasteiger partial charge is 0.407 e. The van der Waals surface area contributed by atoms with Crippen LogP contribution in [-0.2, 0) is 14.6 Å². The monoisotopic (exact) mass is 483 g/mol. The van der Waals surface area contributed by atoms with Gasteiger partial charge in [0.2, 0.25) is 0 Å². The summed E-state index contributed by atoms with van der Waals surface area (Å²) in [6, 6.07) is 4.60. The first kappa shape index (κ1) is 21.6. The number of nitrogens with zero attached hydrogens (tertiary/aromatic N) is 2. The minimum atomic E-state index is -3.41. The van der Waals surface area contributed by atoms with Crippen LogP contribution in [-0.4, -0.2) is 81.0 Å². The maximum absolute atomic E-state index is 12.7. The third kappa shape index (κ3) is 3.87. The maximum Gasteiger partial charge on any atom is 0.407 e. The molecule has 0 bridgehead atoms. The Hall–Kier alpha value is -2.20. The van der Waals surface area contributed by atoms with Crippen molar-refractivity contribution in [3.63, 3.8) is 0 Å². The van der Waals surface area contributed by atoms with Crippen molar-refractivity contribution in [2.75, 3.05) is 39.0 Å². The number of rotatable bonds is 3. The van der Waals surface area contributed by atoms with Gasteiger partial charge in [-0.05, 0) is 37.8 Å². The van der Waals surface area contributed by atoms with Crippen LogP contribution >= 0.6 is 11.6 Å². The summed E-state index contributed by atoms with van der Waals surface area (Å²) in [5.74, 6) is 0.307. The van der Waals surface area contributed by atoms with Gasteiger partial charge < -0.3 is 24.6 Å². The molecule has 5 rings (SSSR count). The van der Waals surface area contributed by atoms with Crippen LogP contribution in [0.15, 0.2) is 23.1 Å². The van der Waals surface area contributed by atoms with E-state index in [0.29, 0.717) is 30.5 Å². The van der Waals surface area contributed by atoms with E-state index in [0.717, 1.165) is 45.0 Å². The molecule has 9 nitrogen and oxygen atoms in total. The molecule has 0 radical (unpaired) electrons. The SMILES string of the molecule is CS(=O)(=O)c1ccc(Cl)cc1OC1CCC2(CC1)CN(C(=O)N1CC3(COC(=O)N3)C1)C2. The van der Waals surface area contributed by atoms with Crippen LogP contribution in [0.25, 0.3) is 0 Å². The largest absolute Gasteiger partial charge is 0.489 e. The standard InChI is InChI=1S/C21H26ClN3O6S/c1-32(28,29)17-3-2-14(22)8-16(17)31-15-4-6-20(7-5-15)9-24(10-20)19(27)25-11-21(12-25)13-30-18(26)23-21/h2-3,8,15H,4-7,9-13H2,1H3,(H,23,26). The molecule has 1 aliphatic carbocycles. The van der Waals surface area contributed by atoms with Crippen molar-refractivity contribution >= 4 is 33.6 Å². The van der Waals surface area contributed by atoms with E-state index in [4.69, 9.17) is 21.1 Å². The molecule has 4 aliphatic rings. The van der Waals surface area contributed by atoms with Crippen molar-refractivity contribution in [2.24, 2.45) is 5.41 Å². The topological polar surface area (TPSA) is 105 Å². The molecule has 2 spiro atoms. The molecule has 0 atom stereocenters. The van der Waals surface area contributed by atoms with E-state index in [9.17, 15) is 18.0 Å². The fraction of sp³-hybridized carbons (Fsp3) is 0.619. The van der Waals surface area contributed by atoms with Crippen molar-refractivity contribution in [2.45, 2.75) is 42.2 Å². The first-order valence-corrected chi connectivity index (χ1v) is 13.0. The van der Waals surface area contributed by atoms with Gasteiger partial charge in [0.05, 0.1) is 19.2 Å². The number of carbonyl (C=O) groups excluding carboxylic acids is 2. The molecule has 3 aliphatic heterocycles. The quantitative estimate of drug-likeness (QED) is 0.707. The number of hydrogen-bond donors (Lipinski definition) is 1. The average Bonchev–Trinajstić information content (AvgIpc) is 3.06. The molecule has 174 valence electrons. The van der Waals surface area contributed by atoms with E-state index in [1.807, 2.05) is 4.90 Å². The molecule has 11 heteroatoms. The summed E-state index contributed by atoms with van der Waals surface area (Å²) in [6.45, 7) is 2.72. The van der Waals surface area contributed by atoms with Crippen LogP contribution in [0.2, 0.25) is 5.02 Å². The van der Waals surface area contributed by atoms with Crippen molar-refractivity contribution < 1.29 is 27.5 Å². The summed E-state index contributed by atoms with van der Waals surface area (Å²) in [5.41, 5.74) is -0.299. The molecular formula is C21H26ClN3O6S. The Morgan fingerprint density at radius 1 is 1.19 bits per heavy atom. The van der Waals surface area contributed by atoms with Gasteiger partial charge in [0.25, 0.3) is 0 Å². The number of sulfone groups is 1. The van der Waals surface area contributed by atoms with Gasteiger partial charge in [-0.15, -0.1) is 0 Å². The van der Waals surface area contributed by atoms with Crippen LogP contribution in [0.5, 0.6) is 5.75 Å². The number of halogens is 1. The molecule has 0 unspecified atom stereocenters. The number of hydrogen-bond acceptors (Lipinski definition) is 6. The zero-order chi connectivity index (χ0) is 22.7. The number of amides is 3. The Bertz CT molecular complexity index is 1060. The van der Waals surface area contributed by atoms with Gasteiger partial charge in [-0.2, -0.15) is 0 Å². The van der Waals surface area contributed by atoms with Crippen molar-refractivity contribution in [1.29, 1.82) is 0 Å². The minimum absolute atomic E-state index is 0.0116. The molecule has 0 aromatic heterocycles. The van der Waals surface area contributed by atoms with Gasteiger partial charge in [0.15, 0.2) is 9.84 Å². The van der Waals surface area contributed by atoms with E-state index in [1.54, 1.807) is 17.0 Å². The summed E-state index contributed by atoms with van der Waals surface area (Å²) in [5, 5.41) is 3.23. The summed E-state index contributed by atoms with van der Waals surface area (Å²) >= 11 is 6.05. The van der Waals surface area contributed by atoms with E-state index < -0.39 is 21.5 Å². The van der Waals surface area contributed by atoms with E-state index in [-0.39, 0.29) is 22.4 Å². The molecule has 1 saturated carbocycles. The zero-order valence-electron chi connectivity index (χ0n) is 17.8. The molecule has 3 saturated heterocycles. The minimum Gasteiger partial charge on any atom is -0.489 e. The molecule has 3 heterocycles. The molecule has 1 aromatic rings. The van der Waals surface area contributed by atoms with Crippen molar-refractivity contribution in [3.05, 3.63) is 23.2 Å². The fourth-order valence-electron chi connectivity index (χ4n) is 5.28. The predicted molar refractivity (Wildman–Crippen MR) is 116 cm³/mol. The normalized spacial score (nSPS) is 24.0. The van der Waals surface area contributed by atoms with E-state index >= 15 is 0 Å². The van der Waals surface area contributed by atoms with Gasteiger partial charge in [0, 0.05) is 35.8 Å². The summed E-state index contributed by atoms with van der Waals surface area (Å²) in [7, 11) is -3.41. The molecular weight excluding hydrogens is 458 g/mol. The highest BCUT2D eigenvalue weighted by atomic mass is 35.5. The molecule has 1 N–H and O–H groups in total. The molecule has 3 amide bonds. The lowest BCUT2D eigenvalue weighted by molar-refractivity contribution is -0.0443. The maximum atomic E-state index is 12.7. The van der Waals surface area contributed by atoms with Crippen LogP contribution in [0.1, 0.15) is 25.7 Å². The number of benzene rings is 1. The lowest BCUT2D eigenvalue weighted by atomic mass is 9.68. The number of ether oxygens (including phenoxy) is 2. The first-order valence-electron chi connectivity index (χ1n) is 10.7.